The van der Waals surface area contributed by atoms with Gasteiger partial charge in [-0.3, -0.25) is 87.7 Å². The molecule has 23 heteroatoms. The second kappa shape index (κ2) is 25.6. The van der Waals surface area contributed by atoms with Crippen molar-refractivity contribution in [3.63, 3.8) is 0 Å². The van der Waals surface area contributed by atoms with Crippen molar-refractivity contribution in [2.75, 3.05) is 70.2 Å². The van der Waals surface area contributed by atoms with Crippen LogP contribution in [0.3, 0.4) is 0 Å². The molecule has 9 heterocycles. The number of cyclic esters (lactones) is 2. The first kappa shape index (κ1) is 66.5. The van der Waals surface area contributed by atoms with Gasteiger partial charge in [-0.05, 0) is 207 Å². The van der Waals surface area contributed by atoms with Crippen LogP contribution in [0, 0.1) is 118 Å². The molecule has 20 unspecified atom stereocenters. The molecule has 5 aromatic rings. The highest BCUT2D eigenvalue weighted by Crippen LogP contribution is 2.56. The molecule has 20 atom stereocenters. The molecule has 10 bridgehead atoms. The van der Waals surface area contributed by atoms with E-state index in [2.05, 4.69) is 99.9 Å². The van der Waals surface area contributed by atoms with Crippen LogP contribution in [0.2, 0.25) is 0 Å². The molecule has 5 saturated heterocycles. The maximum Gasteiger partial charge on any atom is 0.318 e. The number of benzene rings is 4. The van der Waals surface area contributed by atoms with Gasteiger partial charge in [0.25, 0.3) is 46.6 Å². The normalized spacial score (nSPS) is 34.7. The van der Waals surface area contributed by atoms with Crippen LogP contribution in [0.1, 0.15) is 94.3 Å². The number of carbonyl (C=O) groups is 10. The van der Waals surface area contributed by atoms with Crippen LogP contribution in [0.5, 0.6) is 0 Å². The van der Waals surface area contributed by atoms with Gasteiger partial charge >= 0.3 is 11.9 Å². The lowest BCUT2D eigenvalue weighted by Crippen LogP contribution is -2.25. The van der Waals surface area contributed by atoms with Crippen LogP contribution >= 0.6 is 15.9 Å². The Kier molecular flexibility index (Phi) is 16.5. The quantitative estimate of drug-likeness (QED) is 0.0566. The topological polar surface area (TPSA) is 286 Å². The number of imide groups is 4. The summed E-state index contributed by atoms with van der Waals surface area (Å²) < 4.78 is 5.40. The Morgan fingerprint density at radius 3 is 1.15 bits per heavy atom. The minimum Gasteiger partial charge on any atom is -0.393 e. The molecule has 10 aliphatic carbocycles. The molecule has 4 N–H and O–H groups in total. The van der Waals surface area contributed by atoms with Crippen LogP contribution in [0.15, 0.2) is 154 Å². The average Bonchev–Trinajstić information content (AvgIpc) is 1.61. The van der Waals surface area contributed by atoms with E-state index in [-0.39, 0.29) is 106 Å². The first-order valence-electron chi connectivity index (χ1n) is 36.1. The number of nitrogens with zero attached hydrogens (tertiary/aromatic N) is 5. The Morgan fingerprint density at radius 2 is 0.699 bits per heavy atom. The fourth-order valence-corrected chi connectivity index (χ4v) is 21.2. The molecule has 8 aliphatic heterocycles. The van der Waals surface area contributed by atoms with Gasteiger partial charge in [0, 0.05) is 63.2 Å². The van der Waals surface area contributed by atoms with Crippen molar-refractivity contribution in [1.29, 1.82) is 0 Å². The highest BCUT2D eigenvalue weighted by Gasteiger charge is 2.59. The summed E-state index contributed by atoms with van der Waals surface area (Å²) in [5.74, 6) is 8.85. The van der Waals surface area contributed by atoms with Gasteiger partial charge in [-0.25, -0.2) is 0 Å². The zero-order chi connectivity index (χ0) is 71.3. The SMILES string of the molecule is C1=CC2CC1C1CNCC21.CN1C(=O)c2ccc(Br)cc2C1=O.CN1C(=O)c2ccc(N3CC4C5C=CC(C5)C4C3)cc2C1=O.CN1C(=O)c2ccccc2C1=O.O=C1NC(=O)C2C3C=CC(C3)C12.O=C1OC(=O)C2C3C=CC(C3)C12.O=c1[nH][nH]c(=O)c2cc(N3CC4C5C=CC(C5)C4C3)ccc12. The Bertz CT molecular complexity index is 4630. The highest BCUT2D eigenvalue weighted by molar-refractivity contribution is 9.10. The van der Waals surface area contributed by atoms with Crippen LogP contribution in [0.4, 0.5) is 11.4 Å². The van der Waals surface area contributed by atoms with E-state index < -0.39 is 0 Å². The molecule has 528 valence electrons. The summed E-state index contributed by atoms with van der Waals surface area (Å²) in [5.41, 5.74) is 4.72. The maximum atomic E-state index is 12.2. The van der Waals surface area contributed by atoms with E-state index in [1.54, 1.807) is 55.6 Å². The van der Waals surface area contributed by atoms with Gasteiger partial charge in [0.05, 0.1) is 67.8 Å². The second-order valence-electron chi connectivity index (χ2n) is 31.0. The molecule has 0 spiro atoms. The molecule has 4 aromatic carbocycles. The predicted octanol–water partition coefficient (Wildman–Crippen LogP) is 7.85. The number of anilines is 2. The smallest absolute Gasteiger partial charge is 0.318 e. The number of ether oxygens (including phenoxy) is 1. The molecule has 8 amide bonds. The number of aromatic amines is 2. The zero-order valence-electron chi connectivity index (χ0n) is 57.0. The summed E-state index contributed by atoms with van der Waals surface area (Å²) in [6.07, 6.45) is 28.8. The van der Waals surface area contributed by atoms with Crippen molar-refractivity contribution in [3.8, 4) is 0 Å². The number of carbonyl (C=O) groups excluding carboxylic acids is 10. The summed E-state index contributed by atoms with van der Waals surface area (Å²) in [6, 6.07) is 23.2. The van der Waals surface area contributed by atoms with Crippen molar-refractivity contribution in [2.24, 2.45) is 118 Å². The molecule has 1 aromatic heterocycles. The maximum absolute atomic E-state index is 12.2. The van der Waals surface area contributed by atoms with Crippen molar-refractivity contribution < 1.29 is 52.7 Å². The highest BCUT2D eigenvalue weighted by atomic mass is 79.9. The summed E-state index contributed by atoms with van der Waals surface area (Å²) in [7, 11) is 4.52. The molecule has 0 radical (unpaired) electrons. The van der Waals surface area contributed by atoms with Crippen molar-refractivity contribution in [3.05, 3.63) is 198 Å². The number of allylic oxidation sites excluding steroid dienone is 10. The van der Waals surface area contributed by atoms with Gasteiger partial charge in [0.1, 0.15) is 0 Å². The molecule has 22 nitrogen and oxygen atoms in total. The fourth-order valence-electron chi connectivity index (χ4n) is 20.9. The molecule has 23 rings (SSSR count). The second-order valence-corrected chi connectivity index (χ2v) is 31.9. The Labute approximate surface area is 601 Å². The third kappa shape index (κ3) is 11.1. The van der Waals surface area contributed by atoms with E-state index in [9.17, 15) is 57.5 Å². The van der Waals surface area contributed by atoms with Crippen molar-refractivity contribution >= 4 is 97.3 Å². The fraction of sp³-hybridized carbons (Fsp3) is 0.425. The first-order chi connectivity index (χ1) is 49.7. The number of hydrogen-bond acceptors (Lipinski definition) is 16. The Balaban J connectivity index is 0.0000000910. The predicted molar refractivity (Wildman–Crippen MR) is 382 cm³/mol. The lowest BCUT2D eigenvalue weighted by atomic mass is 9.85. The van der Waals surface area contributed by atoms with Crippen LogP contribution < -0.4 is 31.6 Å². The van der Waals surface area contributed by atoms with Gasteiger partial charge in [-0.15, -0.1) is 0 Å². The van der Waals surface area contributed by atoms with Crippen molar-refractivity contribution in [2.45, 2.75) is 32.1 Å². The number of nitrogens with one attached hydrogen (secondary N) is 4. The van der Waals surface area contributed by atoms with E-state index >= 15 is 0 Å². The lowest BCUT2D eigenvalue weighted by molar-refractivity contribution is -0.154. The standard InChI is InChI=1S/C18H18N2O2.C17H17N3O2.C9H6BrNO2.C9H9NO2.C9H7NO2.C9H13N.C9H8O3/c1-19-17(21)13-5-4-12(7-14(13)18(19)22)20-8-15-10-2-3-11(6-10)16(15)9-20;21-16-12-4-3-11(6-13(12)17(22)19-18-16)20-7-14-9-1-2-10(5-9)15(14)8-20;1-11-8(12)6-3-2-5(10)4-7(6)9(11)13;11-8-6-4-1-2-5(3-4)7(6)9(12)10-8;1-10-8(11)6-4-2-3-5-7(6)9(10)12;1-2-7-3-6(1)8-4-10-5-9(7)8;10-8-6-4-1-2-5(3-4)7(6)9(11)12-8/h2-5,7,10-11,15-16H,6,8-9H2,1H3;1-4,6,9-10,14-15H,5,7-8H2,(H,18,21)(H,19,22);2-4H,1H3;1-2,4-7H,3H2,(H,10,11,12);2-5H,1H3;1-2,6-10H,3-5H2;1-2,4-7H,3H2. The van der Waals surface area contributed by atoms with E-state index in [4.69, 9.17) is 0 Å². The molecular weight excluding hydrogens is 1370 g/mol. The lowest BCUT2D eigenvalue weighted by Gasteiger charge is -2.21. The monoisotopic (exact) mass is 1450 g/mol. The van der Waals surface area contributed by atoms with Crippen LogP contribution in [0.25, 0.3) is 10.8 Å². The molecule has 10 fully saturated rings. The Morgan fingerprint density at radius 1 is 0.359 bits per heavy atom. The molecular formula is C80H78BrN9O13. The van der Waals surface area contributed by atoms with E-state index in [0.29, 0.717) is 56.0 Å². The number of amides is 8. The van der Waals surface area contributed by atoms with Gasteiger partial charge < -0.3 is 19.9 Å². The number of aromatic nitrogens is 2. The van der Waals surface area contributed by atoms with Crippen LogP contribution in [-0.4, -0.2) is 145 Å². The largest absolute Gasteiger partial charge is 0.393 e. The number of H-pyrrole nitrogens is 2. The number of hydrogen-bond donors (Lipinski definition) is 4. The summed E-state index contributed by atoms with van der Waals surface area (Å²) in [6.45, 7) is 6.85. The van der Waals surface area contributed by atoms with E-state index in [0.717, 1.165) is 136 Å². The third-order valence-corrected chi connectivity index (χ3v) is 26.5. The number of rotatable bonds is 2. The zero-order valence-corrected chi connectivity index (χ0v) is 58.6. The average molecular weight is 1450 g/mol. The van der Waals surface area contributed by atoms with Gasteiger partial charge in [0.15, 0.2) is 0 Å². The van der Waals surface area contributed by atoms with Gasteiger partial charge in [0.2, 0.25) is 11.8 Å². The third-order valence-electron chi connectivity index (χ3n) is 26.0. The van der Waals surface area contributed by atoms with E-state index in [1.807, 2.05) is 42.5 Å². The first-order valence-corrected chi connectivity index (χ1v) is 36.9. The molecule has 18 aliphatic rings. The summed E-state index contributed by atoms with van der Waals surface area (Å²) in [4.78, 5) is 147. The van der Waals surface area contributed by atoms with Gasteiger partial charge in [-0.1, -0.05) is 88.8 Å². The number of halogens is 1. The molecule has 5 saturated carbocycles. The summed E-state index contributed by atoms with van der Waals surface area (Å²) in [5, 5.41) is 11.6. The van der Waals surface area contributed by atoms with E-state index in [1.165, 1.54) is 51.3 Å². The summed E-state index contributed by atoms with van der Waals surface area (Å²) >= 11 is 3.25. The molecule has 103 heavy (non-hydrogen) atoms. The van der Waals surface area contributed by atoms with Gasteiger partial charge in [-0.2, -0.15) is 0 Å². The number of esters is 2. The minimum absolute atomic E-state index is 0.0347. The number of fused-ring (bicyclic) bond motifs is 29. The van der Waals surface area contributed by atoms with Crippen LogP contribution in [-0.2, 0) is 23.9 Å². The minimum atomic E-state index is -0.304. The Hall–Kier alpha value is -9.74. The van der Waals surface area contributed by atoms with Crippen molar-refractivity contribution in [1.82, 2.24) is 35.5 Å².